The second-order valence-electron chi connectivity index (χ2n) is 4.98. The molecular formula is C15H21NO3. The number of hydrogen-bond donors (Lipinski definition) is 1. The first-order valence-corrected chi connectivity index (χ1v) is 6.83. The van der Waals surface area contributed by atoms with Gasteiger partial charge in [-0.25, -0.2) is 0 Å². The predicted molar refractivity (Wildman–Crippen MR) is 74.8 cm³/mol. The average Bonchev–Trinajstić information content (AvgIpc) is 2.45. The van der Waals surface area contributed by atoms with Gasteiger partial charge in [0.15, 0.2) is 0 Å². The summed E-state index contributed by atoms with van der Waals surface area (Å²) in [6, 6.07) is 8.34. The number of carboxylic acids is 1. The van der Waals surface area contributed by atoms with Gasteiger partial charge in [-0.15, -0.1) is 0 Å². The molecule has 0 aromatic heterocycles. The van der Waals surface area contributed by atoms with Crippen LogP contribution in [0.3, 0.4) is 0 Å². The Morgan fingerprint density at radius 2 is 2.32 bits per heavy atom. The molecule has 19 heavy (non-hydrogen) atoms. The maximum Gasteiger partial charge on any atom is 0.303 e. The Kier molecular flexibility index (Phi) is 4.66. The van der Waals surface area contributed by atoms with Gasteiger partial charge in [0.25, 0.3) is 0 Å². The van der Waals surface area contributed by atoms with E-state index in [0.29, 0.717) is 12.5 Å². The normalized spacial score (nSPS) is 19.2. The van der Waals surface area contributed by atoms with Crippen LogP contribution in [-0.2, 0) is 4.79 Å². The van der Waals surface area contributed by atoms with E-state index in [4.69, 9.17) is 9.84 Å². The number of benzene rings is 1. The second kappa shape index (κ2) is 6.45. The Labute approximate surface area is 114 Å². The summed E-state index contributed by atoms with van der Waals surface area (Å²) in [5.74, 6) is 0.135. The number of piperidine rings is 1. The number of ether oxygens (including phenoxy) is 1. The molecule has 1 aliphatic heterocycles. The van der Waals surface area contributed by atoms with Crippen LogP contribution in [0.2, 0.25) is 0 Å². The Morgan fingerprint density at radius 1 is 1.47 bits per heavy atom. The van der Waals surface area contributed by atoms with Crippen LogP contribution in [0.1, 0.15) is 32.1 Å². The number of anilines is 1. The molecule has 1 N–H and O–H groups in total. The Bertz CT molecular complexity index is 433. The highest BCUT2D eigenvalue weighted by Gasteiger charge is 2.23. The zero-order valence-electron chi connectivity index (χ0n) is 11.3. The van der Waals surface area contributed by atoms with E-state index in [1.807, 2.05) is 18.2 Å². The van der Waals surface area contributed by atoms with Gasteiger partial charge in [0.1, 0.15) is 5.75 Å². The van der Waals surface area contributed by atoms with Gasteiger partial charge in [0.2, 0.25) is 0 Å². The Morgan fingerprint density at radius 3 is 3.05 bits per heavy atom. The van der Waals surface area contributed by atoms with Gasteiger partial charge in [-0.3, -0.25) is 4.79 Å². The van der Waals surface area contributed by atoms with Crippen LogP contribution in [0, 0.1) is 0 Å². The average molecular weight is 263 g/mol. The molecule has 1 fully saturated rings. The number of hydrogen-bond acceptors (Lipinski definition) is 3. The van der Waals surface area contributed by atoms with E-state index in [2.05, 4.69) is 11.0 Å². The predicted octanol–water partition coefficient (Wildman–Crippen LogP) is 2.92. The molecule has 1 saturated heterocycles. The molecule has 1 aliphatic rings. The number of carbonyl (C=O) groups is 1. The van der Waals surface area contributed by atoms with Crippen LogP contribution in [0.5, 0.6) is 5.75 Å². The second-order valence-corrected chi connectivity index (χ2v) is 4.98. The molecule has 2 rings (SSSR count). The summed E-state index contributed by atoms with van der Waals surface area (Å²) in [6.45, 7) is 0.997. The van der Waals surface area contributed by atoms with Crippen LogP contribution < -0.4 is 9.64 Å². The third-order valence-electron chi connectivity index (χ3n) is 3.70. The zero-order chi connectivity index (χ0) is 13.7. The topological polar surface area (TPSA) is 49.8 Å². The van der Waals surface area contributed by atoms with Gasteiger partial charge < -0.3 is 14.7 Å². The standard InChI is InChI=1S/C15H21NO3/c1-19-14-7-4-6-13(11-14)16-10-3-2-5-12(16)8-9-15(17)18/h4,6-7,11-12H,2-3,5,8-10H2,1H3,(H,17,18). The van der Waals surface area contributed by atoms with Crippen molar-refractivity contribution in [3.63, 3.8) is 0 Å². The zero-order valence-corrected chi connectivity index (χ0v) is 11.3. The van der Waals surface area contributed by atoms with Gasteiger partial charge in [-0.05, 0) is 37.8 Å². The van der Waals surface area contributed by atoms with Crippen LogP contribution in [0.25, 0.3) is 0 Å². The van der Waals surface area contributed by atoms with E-state index in [9.17, 15) is 4.79 Å². The molecule has 1 aromatic carbocycles. The molecule has 1 atom stereocenters. The van der Waals surface area contributed by atoms with E-state index in [1.165, 1.54) is 12.8 Å². The molecule has 0 amide bonds. The molecule has 1 heterocycles. The van der Waals surface area contributed by atoms with Gasteiger partial charge >= 0.3 is 5.97 Å². The van der Waals surface area contributed by atoms with Crippen molar-refractivity contribution in [3.05, 3.63) is 24.3 Å². The summed E-state index contributed by atoms with van der Waals surface area (Å²) >= 11 is 0. The monoisotopic (exact) mass is 263 g/mol. The first-order chi connectivity index (χ1) is 9.20. The van der Waals surface area contributed by atoms with Crippen molar-refractivity contribution in [2.45, 2.75) is 38.1 Å². The fourth-order valence-electron chi connectivity index (χ4n) is 2.72. The van der Waals surface area contributed by atoms with Gasteiger partial charge in [0.05, 0.1) is 7.11 Å². The fraction of sp³-hybridized carbons (Fsp3) is 0.533. The summed E-state index contributed by atoms with van der Waals surface area (Å²) < 4.78 is 5.26. The molecule has 104 valence electrons. The molecule has 4 nitrogen and oxygen atoms in total. The van der Waals surface area contributed by atoms with Gasteiger partial charge in [-0.2, -0.15) is 0 Å². The first-order valence-electron chi connectivity index (χ1n) is 6.83. The summed E-state index contributed by atoms with van der Waals surface area (Å²) in [5, 5.41) is 8.84. The highest BCUT2D eigenvalue weighted by molar-refractivity contribution is 5.66. The van der Waals surface area contributed by atoms with E-state index >= 15 is 0 Å². The third kappa shape index (κ3) is 3.63. The van der Waals surface area contributed by atoms with Crippen molar-refractivity contribution in [2.24, 2.45) is 0 Å². The molecular weight excluding hydrogens is 242 g/mol. The minimum atomic E-state index is -0.712. The highest BCUT2D eigenvalue weighted by Crippen LogP contribution is 2.29. The van der Waals surface area contributed by atoms with E-state index in [0.717, 1.165) is 24.4 Å². The van der Waals surface area contributed by atoms with Crippen molar-refractivity contribution >= 4 is 11.7 Å². The first kappa shape index (κ1) is 13.7. The number of nitrogens with zero attached hydrogens (tertiary/aromatic N) is 1. The lowest BCUT2D eigenvalue weighted by atomic mass is 9.97. The number of rotatable bonds is 5. The lowest BCUT2D eigenvalue weighted by Gasteiger charge is -2.37. The lowest BCUT2D eigenvalue weighted by molar-refractivity contribution is -0.137. The summed E-state index contributed by atoms with van der Waals surface area (Å²) in [5.41, 5.74) is 1.13. The maximum atomic E-state index is 10.7. The third-order valence-corrected chi connectivity index (χ3v) is 3.70. The van der Waals surface area contributed by atoms with Gasteiger partial charge in [-0.1, -0.05) is 6.07 Å². The molecule has 4 heteroatoms. The van der Waals surface area contributed by atoms with E-state index in [-0.39, 0.29) is 6.42 Å². The highest BCUT2D eigenvalue weighted by atomic mass is 16.5. The van der Waals surface area contributed by atoms with Crippen molar-refractivity contribution in [1.82, 2.24) is 0 Å². The smallest absolute Gasteiger partial charge is 0.303 e. The largest absolute Gasteiger partial charge is 0.497 e. The van der Waals surface area contributed by atoms with Crippen molar-refractivity contribution in [1.29, 1.82) is 0 Å². The molecule has 0 spiro atoms. The van der Waals surface area contributed by atoms with Crippen LogP contribution in [-0.4, -0.2) is 30.8 Å². The van der Waals surface area contributed by atoms with Crippen molar-refractivity contribution in [2.75, 3.05) is 18.6 Å². The van der Waals surface area contributed by atoms with Crippen LogP contribution in [0.15, 0.2) is 24.3 Å². The van der Waals surface area contributed by atoms with Crippen LogP contribution >= 0.6 is 0 Å². The maximum absolute atomic E-state index is 10.7. The van der Waals surface area contributed by atoms with Crippen molar-refractivity contribution in [3.8, 4) is 5.75 Å². The molecule has 0 saturated carbocycles. The SMILES string of the molecule is COc1cccc(N2CCCCC2CCC(=O)O)c1. The minimum Gasteiger partial charge on any atom is -0.497 e. The lowest BCUT2D eigenvalue weighted by Crippen LogP contribution is -2.39. The fourth-order valence-corrected chi connectivity index (χ4v) is 2.72. The summed E-state index contributed by atoms with van der Waals surface area (Å²) in [7, 11) is 1.66. The quantitative estimate of drug-likeness (QED) is 0.887. The molecule has 1 unspecified atom stereocenters. The van der Waals surface area contributed by atoms with E-state index < -0.39 is 5.97 Å². The number of methoxy groups -OCH3 is 1. The Hall–Kier alpha value is -1.71. The van der Waals surface area contributed by atoms with Crippen LogP contribution in [0.4, 0.5) is 5.69 Å². The summed E-state index contributed by atoms with van der Waals surface area (Å²) in [4.78, 5) is 13.1. The van der Waals surface area contributed by atoms with Crippen molar-refractivity contribution < 1.29 is 14.6 Å². The number of carboxylic acid groups (broad SMARTS) is 1. The minimum absolute atomic E-state index is 0.241. The molecule has 1 aromatic rings. The summed E-state index contributed by atoms with van der Waals surface area (Å²) in [6.07, 6.45) is 4.38. The Balaban J connectivity index is 2.11. The van der Waals surface area contributed by atoms with E-state index in [1.54, 1.807) is 7.11 Å². The van der Waals surface area contributed by atoms with Gasteiger partial charge in [0, 0.05) is 30.8 Å². The molecule has 0 aliphatic carbocycles. The molecule has 0 bridgehead atoms. The molecule has 0 radical (unpaired) electrons. The number of aliphatic carboxylic acids is 1.